The van der Waals surface area contributed by atoms with E-state index in [1.807, 2.05) is 54.6 Å². The molecule has 112 valence electrons. The second-order valence-corrected chi connectivity index (χ2v) is 5.90. The van der Waals surface area contributed by atoms with Crippen molar-refractivity contribution < 1.29 is 14.7 Å². The molecule has 0 amide bonds. The number of aliphatic carboxylic acids is 1. The van der Waals surface area contributed by atoms with Crippen molar-refractivity contribution in [3.8, 4) is 11.1 Å². The molecule has 0 spiro atoms. The zero-order valence-electron chi connectivity index (χ0n) is 12.2. The molecule has 2 aromatic carbocycles. The molecule has 0 atom stereocenters. The summed E-state index contributed by atoms with van der Waals surface area (Å²) in [7, 11) is 0. The molecule has 1 N–H and O–H groups in total. The Kier molecular flexibility index (Phi) is 5.55. The van der Waals surface area contributed by atoms with Gasteiger partial charge in [-0.25, -0.2) is 4.79 Å². The molecule has 0 unspecified atom stereocenters. The standard InChI is InChI=1S/C18H16O3S/c1-13(19)22-12-17(18(20)21)11-14-7-9-16(10-8-14)15-5-3-2-4-6-15/h2-11H,12H2,1H3,(H,20,21). The summed E-state index contributed by atoms with van der Waals surface area (Å²) in [4.78, 5) is 22.2. The summed E-state index contributed by atoms with van der Waals surface area (Å²) in [5.41, 5.74) is 3.21. The Labute approximate surface area is 133 Å². The number of carbonyl (C=O) groups excluding carboxylic acids is 1. The van der Waals surface area contributed by atoms with Crippen molar-refractivity contribution in [2.75, 3.05) is 5.75 Å². The maximum Gasteiger partial charge on any atom is 0.332 e. The fourth-order valence-electron chi connectivity index (χ4n) is 1.95. The number of carboxylic acids is 1. The summed E-state index contributed by atoms with van der Waals surface area (Å²) in [6.07, 6.45) is 1.60. The van der Waals surface area contributed by atoms with Gasteiger partial charge < -0.3 is 5.11 Å². The van der Waals surface area contributed by atoms with E-state index in [1.165, 1.54) is 6.92 Å². The highest BCUT2D eigenvalue weighted by Crippen LogP contribution is 2.21. The van der Waals surface area contributed by atoms with E-state index < -0.39 is 5.97 Å². The molecule has 0 aliphatic rings. The number of hydrogen-bond donors (Lipinski definition) is 1. The van der Waals surface area contributed by atoms with E-state index in [0.29, 0.717) is 0 Å². The smallest absolute Gasteiger partial charge is 0.332 e. The molecule has 0 saturated heterocycles. The Balaban J connectivity index is 2.19. The van der Waals surface area contributed by atoms with Gasteiger partial charge >= 0.3 is 5.97 Å². The third-order valence-electron chi connectivity index (χ3n) is 3.06. The van der Waals surface area contributed by atoms with Gasteiger partial charge in [0.25, 0.3) is 0 Å². The minimum absolute atomic E-state index is 0.0911. The summed E-state index contributed by atoms with van der Waals surface area (Å²) >= 11 is 0.999. The molecule has 0 fully saturated rings. The van der Waals surface area contributed by atoms with Crippen LogP contribution in [0.25, 0.3) is 17.2 Å². The highest BCUT2D eigenvalue weighted by atomic mass is 32.2. The summed E-state index contributed by atoms with van der Waals surface area (Å²) in [5, 5.41) is 9.10. The molecule has 0 heterocycles. The van der Waals surface area contributed by atoms with Crippen LogP contribution in [0.5, 0.6) is 0 Å². The van der Waals surface area contributed by atoms with Crippen LogP contribution >= 0.6 is 11.8 Å². The van der Waals surface area contributed by atoms with E-state index in [-0.39, 0.29) is 16.4 Å². The molecule has 2 aromatic rings. The lowest BCUT2D eigenvalue weighted by Gasteiger charge is -2.04. The van der Waals surface area contributed by atoms with Crippen LogP contribution in [0.4, 0.5) is 0 Å². The molecule has 3 nitrogen and oxygen atoms in total. The fraction of sp³-hybridized carbons (Fsp3) is 0.111. The summed E-state index contributed by atoms with van der Waals surface area (Å²) in [6, 6.07) is 17.6. The van der Waals surface area contributed by atoms with Gasteiger partial charge in [0.15, 0.2) is 5.12 Å². The number of carbonyl (C=O) groups is 2. The van der Waals surface area contributed by atoms with Crippen LogP contribution in [-0.2, 0) is 9.59 Å². The first-order valence-corrected chi connectivity index (χ1v) is 7.77. The third kappa shape index (κ3) is 4.60. The number of carboxylic acid groups (broad SMARTS) is 1. The lowest BCUT2D eigenvalue weighted by atomic mass is 10.0. The van der Waals surface area contributed by atoms with E-state index in [9.17, 15) is 14.7 Å². The Morgan fingerprint density at radius 1 is 1.00 bits per heavy atom. The minimum Gasteiger partial charge on any atom is -0.478 e. The SMILES string of the molecule is CC(=O)SCC(=Cc1ccc(-c2ccccc2)cc1)C(=O)O. The number of benzene rings is 2. The summed E-state index contributed by atoms with van der Waals surface area (Å²) < 4.78 is 0. The van der Waals surface area contributed by atoms with E-state index >= 15 is 0 Å². The van der Waals surface area contributed by atoms with Gasteiger partial charge in [-0.15, -0.1) is 0 Å². The number of thioether (sulfide) groups is 1. The molecule has 0 aliphatic heterocycles. The Hall–Kier alpha value is -2.33. The van der Waals surface area contributed by atoms with E-state index in [2.05, 4.69) is 0 Å². The molecule has 0 aromatic heterocycles. The van der Waals surface area contributed by atoms with Gasteiger partial charge in [0.2, 0.25) is 0 Å². The second-order valence-electron chi connectivity index (χ2n) is 4.74. The van der Waals surface area contributed by atoms with Crippen molar-refractivity contribution >= 4 is 28.9 Å². The highest BCUT2D eigenvalue weighted by molar-refractivity contribution is 8.13. The molecular formula is C18H16O3S. The molecule has 0 saturated carbocycles. The predicted octanol–water partition coefficient (Wildman–Crippen LogP) is 4.10. The van der Waals surface area contributed by atoms with Crippen molar-refractivity contribution in [3.63, 3.8) is 0 Å². The van der Waals surface area contributed by atoms with Gasteiger partial charge in [-0.1, -0.05) is 66.4 Å². The number of rotatable bonds is 5. The van der Waals surface area contributed by atoms with Crippen molar-refractivity contribution in [3.05, 3.63) is 65.7 Å². The topological polar surface area (TPSA) is 54.4 Å². The van der Waals surface area contributed by atoms with E-state index in [4.69, 9.17) is 0 Å². The maximum atomic E-state index is 11.2. The van der Waals surface area contributed by atoms with Crippen molar-refractivity contribution in [2.45, 2.75) is 6.92 Å². The molecule has 0 radical (unpaired) electrons. The van der Waals surface area contributed by atoms with Gasteiger partial charge in [0.05, 0.1) is 0 Å². The molecule has 4 heteroatoms. The molecule has 22 heavy (non-hydrogen) atoms. The Morgan fingerprint density at radius 2 is 1.59 bits per heavy atom. The lowest BCUT2D eigenvalue weighted by Crippen LogP contribution is -2.04. The first kappa shape index (κ1) is 16.0. The first-order chi connectivity index (χ1) is 10.6. The van der Waals surface area contributed by atoms with Crippen molar-refractivity contribution in [1.82, 2.24) is 0 Å². The van der Waals surface area contributed by atoms with Crippen LogP contribution in [0.2, 0.25) is 0 Å². The molecule has 0 bridgehead atoms. The van der Waals surface area contributed by atoms with Crippen LogP contribution in [0.3, 0.4) is 0 Å². The molecule has 0 aliphatic carbocycles. The predicted molar refractivity (Wildman–Crippen MR) is 90.6 cm³/mol. The van der Waals surface area contributed by atoms with Crippen LogP contribution in [-0.4, -0.2) is 21.9 Å². The molecule has 2 rings (SSSR count). The molecular weight excluding hydrogens is 296 g/mol. The van der Waals surface area contributed by atoms with Crippen molar-refractivity contribution in [2.24, 2.45) is 0 Å². The minimum atomic E-state index is -0.999. The van der Waals surface area contributed by atoms with Gasteiger partial charge in [-0.3, -0.25) is 4.79 Å². The average molecular weight is 312 g/mol. The second kappa shape index (κ2) is 7.61. The number of hydrogen-bond acceptors (Lipinski definition) is 3. The summed E-state index contributed by atoms with van der Waals surface area (Å²) in [6.45, 7) is 1.43. The van der Waals surface area contributed by atoms with Gasteiger partial charge in [-0.05, 0) is 22.8 Å². The van der Waals surface area contributed by atoms with Gasteiger partial charge in [0, 0.05) is 18.2 Å². The van der Waals surface area contributed by atoms with E-state index in [1.54, 1.807) is 6.08 Å². The lowest BCUT2D eigenvalue weighted by molar-refractivity contribution is -0.132. The van der Waals surface area contributed by atoms with Crippen LogP contribution < -0.4 is 0 Å². The average Bonchev–Trinajstić information content (AvgIpc) is 2.52. The quantitative estimate of drug-likeness (QED) is 0.844. The normalized spacial score (nSPS) is 11.2. The summed E-state index contributed by atoms with van der Waals surface area (Å²) in [5.74, 6) is -0.827. The Morgan fingerprint density at radius 3 is 2.14 bits per heavy atom. The zero-order chi connectivity index (χ0) is 15.9. The largest absolute Gasteiger partial charge is 0.478 e. The Bertz CT molecular complexity index is 688. The van der Waals surface area contributed by atoms with Crippen LogP contribution in [0.15, 0.2) is 60.2 Å². The maximum absolute atomic E-state index is 11.2. The van der Waals surface area contributed by atoms with Crippen LogP contribution in [0.1, 0.15) is 12.5 Å². The zero-order valence-corrected chi connectivity index (χ0v) is 13.0. The van der Waals surface area contributed by atoms with Crippen molar-refractivity contribution in [1.29, 1.82) is 0 Å². The van der Waals surface area contributed by atoms with Gasteiger partial charge in [0.1, 0.15) is 0 Å². The monoisotopic (exact) mass is 312 g/mol. The van der Waals surface area contributed by atoms with Crippen LogP contribution in [0, 0.1) is 0 Å². The highest BCUT2D eigenvalue weighted by Gasteiger charge is 2.09. The van der Waals surface area contributed by atoms with E-state index in [0.717, 1.165) is 28.5 Å². The first-order valence-electron chi connectivity index (χ1n) is 6.79. The fourth-order valence-corrected chi connectivity index (χ4v) is 2.51. The van der Waals surface area contributed by atoms with Gasteiger partial charge in [-0.2, -0.15) is 0 Å². The third-order valence-corrected chi connectivity index (χ3v) is 3.93.